The maximum atomic E-state index is 14.1. The SMILES string of the molecule is CN1CCN(C(=O)Cc2ccccc2F)C(c2ncc(-c3ccc4ccccc4c3)[nH]2)C1. The van der Waals surface area contributed by atoms with Crippen LogP contribution in [0.3, 0.4) is 0 Å². The van der Waals surface area contributed by atoms with Gasteiger partial charge in [0.1, 0.15) is 17.7 Å². The van der Waals surface area contributed by atoms with Crippen LogP contribution in [0.5, 0.6) is 0 Å². The van der Waals surface area contributed by atoms with Crippen LogP contribution in [0.25, 0.3) is 22.0 Å². The molecule has 0 saturated carbocycles. The standard InChI is InChI=1S/C26H25FN4O/c1-30-12-13-31(25(32)15-20-8-4-5-9-22(20)27)24(17-30)26-28-16-23(29-26)21-11-10-18-6-2-3-7-19(18)14-21/h2-11,14,16,24H,12-13,15,17H2,1H3,(H,28,29). The van der Waals surface area contributed by atoms with E-state index in [1.165, 1.54) is 16.8 Å². The molecule has 1 unspecified atom stereocenters. The van der Waals surface area contributed by atoms with Crippen LogP contribution >= 0.6 is 0 Å². The normalized spacial score (nSPS) is 17.1. The zero-order valence-corrected chi connectivity index (χ0v) is 18.0. The number of amides is 1. The number of nitrogens with zero attached hydrogens (tertiary/aromatic N) is 3. The molecule has 1 fully saturated rings. The van der Waals surface area contributed by atoms with Gasteiger partial charge in [-0.15, -0.1) is 0 Å². The zero-order chi connectivity index (χ0) is 22.1. The van der Waals surface area contributed by atoms with Crippen LogP contribution in [-0.2, 0) is 11.2 Å². The van der Waals surface area contributed by atoms with Gasteiger partial charge in [-0.25, -0.2) is 9.37 Å². The highest BCUT2D eigenvalue weighted by Crippen LogP contribution is 2.28. The second-order valence-electron chi connectivity index (χ2n) is 8.38. The van der Waals surface area contributed by atoms with Gasteiger partial charge in [-0.3, -0.25) is 4.79 Å². The van der Waals surface area contributed by atoms with Crippen molar-refractivity contribution in [1.82, 2.24) is 19.8 Å². The van der Waals surface area contributed by atoms with Gasteiger partial charge in [-0.1, -0.05) is 54.6 Å². The van der Waals surface area contributed by atoms with E-state index in [4.69, 9.17) is 0 Å². The topological polar surface area (TPSA) is 52.2 Å². The Morgan fingerprint density at radius 1 is 1.06 bits per heavy atom. The van der Waals surface area contributed by atoms with Crippen LogP contribution in [-0.4, -0.2) is 52.4 Å². The third-order valence-electron chi connectivity index (χ3n) is 6.17. The second-order valence-corrected chi connectivity index (χ2v) is 8.38. The van der Waals surface area contributed by atoms with Crippen LogP contribution in [0.15, 0.2) is 72.9 Å². The number of carbonyl (C=O) groups is 1. The Kier molecular flexibility index (Phi) is 5.45. The van der Waals surface area contributed by atoms with Crippen LogP contribution in [0.4, 0.5) is 4.39 Å². The van der Waals surface area contributed by atoms with Crippen molar-refractivity contribution in [2.75, 3.05) is 26.7 Å². The molecule has 5 rings (SSSR count). The Hall–Kier alpha value is -3.51. The minimum absolute atomic E-state index is 0.0468. The number of H-pyrrole nitrogens is 1. The molecule has 1 N–H and O–H groups in total. The molecule has 1 aliphatic rings. The molecule has 1 saturated heterocycles. The number of hydrogen-bond acceptors (Lipinski definition) is 3. The van der Waals surface area contributed by atoms with Crippen molar-refractivity contribution in [3.8, 4) is 11.3 Å². The van der Waals surface area contributed by atoms with E-state index < -0.39 is 0 Å². The number of halogens is 1. The largest absolute Gasteiger partial charge is 0.340 e. The van der Waals surface area contributed by atoms with Gasteiger partial charge in [0.05, 0.1) is 18.3 Å². The van der Waals surface area contributed by atoms with E-state index in [-0.39, 0.29) is 24.2 Å². The fraction of sp³-hybridized carbons (Fsp3) is 0.231. The average Bonchev–Trinajstić information content (AvgIpc) is 3.30. The van der Waals surface area contributed by atoms with Crippen molar-refractivity contribution >= 4 is 16.7 Å². The molecule has 1 atom stereocenters. The number of benzene rings is 3. The maximum absolute atomic E-state index is 14.1. The van der Waals surface area contributed by atoms with Gasteiger partial charge in [0.15, 0.2) is 0 Å². The van der Waals surface area contributed by atoms with Crippen molar-refractivity contribution < 1.29 is 9.18 Å². The predicted molar refractivity (Wildman–Crippen MR) is 124 cm³/mol. The van der Waals surface area contributed by atoms with Gasteiger partial charge >= 0.3 is 0 Å². The number of aromatic nitrogens is 2. The van der Waals surface area contributed by atoms with E-state index in [2.05, 4.69) is 45.2 Å². The third-order valence-corrected chi connectivity index (χ3v) is 6.17. The highest BCUT2D eigenvalue weighted by molar-refractivity contribution is 5.86. The molecule has 1 aliphatic heterocycles. The van der Waals surface area contributed by atoms with Gasteiger partial charge in [0, 0.05) is 25.2 Å². The number of rotatable bonds is 4. The highest BCUT2D eigenvalue weighted by Gasteiger charge is 2.32. The molecule has 5 nitrogen and oxygen atoms in total. The van der Waals surface area contributed by atoms with Gasteiger partial charge < -0.3 is 14.8 Å². The van der Waals surface area contributed by atoms with E-state index >= 15 is 0 Å². The molecule has 2 heterocycles. The minimum atomic E-state index is -0.344. The highest BCUT2D eigenvalue weighted by atomic mass is 19.1. The summed E-state index contributed by atoms with van der Waals surface area (Å²) in [6, 6.07) is 20.8. The summed E-state index contributed by atoms with van der Waals surface area (Å²) in [7, 11) is 2.04. The summed E-state index contributed by atoms with van der Waals surface area (Å²) in [4.78, 5) is 25.2. The summed E-state index contributed by atoms with van der Waals surface area (Å²) >= 11 is 0. The van der Waals surface area contributed by atoms with Crippen LogP contribution in [0, 0.1) is 5.82 Å². The van der Waals surface area contributed by atoms with Gasteiger partial charge in [-0.05, 0) is 35.5 Å². The summed E-state index contributed by atoms with van der Waals surface area (Å²) in [6.07, 6.45) is 1.87. The number of fused-ring (bicyclic) bond motifs is 1. The van der Waals surface area contributed by atoms with Crippen molar-refractivity contribution in [3.63, 3.8) is 0 Å². The molecule has 0 radical (unpaired) electrons. The number of aromatic amines is 1. The quantitative estimate of drug-likeness (QED) is 0.523. The molecule has 0 aliphatic carbocycles. The lowest BCUT2D eigenvalue weighted by Gasteiger charge is -2.39. The van der Waals surface area contributed by atoms with Crippen LogP contribution in [0.2, 0.25) is 0 Å². The smallest absolute Gasteiger partial charge is 0.227 e. The maximum Gasteiger partial charge on any atom is 0.227 e. The lowest BCUT2D eigenvalue weighted by atomic mass is 10.1. The summed E-state index contributed by atoms with van der Waals surface area (Å²) < 4.78 is 14.1. The first-order chi connectivity index (χ1) is 15.6. The molecule has 1 amide bonds. The number of hydrogen-bond donors (Lipinski definition) is 1. The number of piperazine rings is 1. The Balaban J connectivity index is 1.41. The lowest BCUT2D eigenvalue weighted by Crippen LogP contribution is -2.50. The van der Waals surface area contributed by atoms with E-state index in [0.717, 1.165) is 23.6 Å². The Morgan fingerprint density at radius 2 is 1.84 bits per heavy atom. The number of likely N-dealkylation sites (N-methyl/N-ethyl adjacent to an activating group) is 1. The molecule has 0 spiro atoms. The number of imidazole rings is 1. The molecule has 32 heavy (non-hydrogen) atoms. The molecule has 1 aromatic heterocycles. The molecular formula is C26H25FN4O. The Bertz CT molecular complexity index is 1270. The first-order valence-electron chi connectivity index (χ1n) is 10.8. The van der Waals surface area contributed by atoms with E-state index in [1.54, 1.807) is 18.2 Å². The Morgan fingerprint density at radius 3 is 2.69 bits per heavy atom. The van der Waals surface area contributed by atoms with Crippen molar-refractivity contribution in [2.45, 2.75) is 12.5 Å². The number of carbonyl (C=O) groups excluding carboxylic acids is 1. The molecular weight excluding hydrogens is 403 g/mol. The van der Waals surface area contributed by atoms with Gasteiger partial charge in [0.2, 0.25) is 5.91 Å². The molecule has 3 aromatic carbocycles. The summed E-state index contributed by atoms with van der Waals surface area (Å²) in [6.45, 7) is 2.03. The van der Waals surface area contributed by atoms with E-state index in [0.29, 0.717) is 18.7 Å². The first-order valence-corrected chi connectivity index (χ1v) is 10.8. The summed E-state index contributed by atoms with van der Waals surface area (Å²) in [5.41, 5.74) is 2.39. The van der Waals surface area contributed by atoms with Crippen LogP contribution in [0.1, 0.15) is 17.4 Å². The third kappa shape index (κ3) is 4.01. The van der Waals surface area contributed by atoms with Crippen molar-refractivity contribution in [2.24, 2.45) is 0 Å². The van der Waals surface area contributed by atoms with Crippen molar-refractivity contribution in [3.05, 3.63) is 90.1 Å². The Labute approximate surface area is 186 Å². The van der Waals surface area contributed by atoms with Crippen molar-refractivity contribution in [1.29, 1.82) is 0 Å². The van der Waals surface area contributed by atoms with Crippen LogP contribution < -0.4 is 0 Å². The summed E-state index contributed by atoms with van der Waals surface area (Å²) in [5, 5.41) is 2.36. The average molecular weight is 429 g/mol. The van der Waals surface area contributed by atoms with Gasteiger partial charge in [0.25, 0.3) is 0 Å². The number of nitrogens with one attached hydrogen (secondary N) is 1. The first kappa shape index (κ1) is 20.4. The monoisotopic (exact) mass is 428 g/mol. The lowest BCUT2D eigenvalue weighted by molar-refractivity contribution is -0.135. The summed E-state index contributed by atoms with van der Waals surface area (Å²) in [5.74, 6) is 0.321. The molecule has 6 heteroatoms. The van der Waals surface area contributed by atoms with Gasteiger partial charge in [-0.2, -0.15) is 0 Å². The fourth-order valence-electron chi connectivity index (χ4n) is 4.37. The second kappa shape index (κ2) is 8.55. The molecule has 0 bridgehead atoms. The van der Waals surface area contributed by atoms with E-state index in [9.17, 15) is 9.18 Å². The fourth-order valence-corrected chi connectivity index (χ4v) is 4.37. The van der Waals surface area contributed by atoms with E-state index in [1.807, 2.05) is 30.3 Å². The predicted octanol–water partition coefficient (Wildman–Crippen LogP) is 4.43. The zero-order valence-electron chi connectivity index (χ0n) is 18.0. The minimum Gasteiger partial charge on any atom is -0.340 e. The molecule has 162 valence electrons. The molecule has 4 aromatic rings.